The van der Waals surface area contributed by atoms with E-state index in [4.69, 9.17) is 0 Å². The van der Waals surface area contributed by atoms with Crippen LogP contribution in [0, 0.1) is 0 Å². The van der Waals surface area contributed by atoms with Crippen molar-refractivity contribution in [3.8, 4) is 0 Å². The molecule has 0 radical (unpaired) electrons. The van der Waals surface area contributed by atoms with Gasteiger partial charge in [-0.25, -0.2) is 14.5 Å². The largest absolute Gasteiger partial charge is 0.338 e. The maximum Gasteiger partial charge on any atom is 0.267 e. The molecular weight excluding hydrogens is 302 g/mol. The molecule has 4 rings (SSSR count). The molecule has 120 valence electrons. The number of anilines is 2. The minimum absolute atomic E-state index is 0.0689. The summed E-state index contributed by atoms with van der Waals surface area (Å²) in [6.07, 6.45) is 11.3. The van der Waals surface area contributed by atoms with Gasteiger partial charge in [0.15, 0.2) is 5.82 Å². The van der Waals surface area contributed by atoms with Crippen molar-refractivity contribution >= 4 is 28.4 Å². The number of allylic oxidation sites excluding steroid dienone is 4. The standard InChI is InChI=1S/C18H17N5O/c1-22-11-16(19-12-22)21-18-20-15-10-6-5-9-14(15)17(24)23(18)13-7-3-2-4-8-13/h2-3,5-7,9-12H,4,8H2,1H3,(H,20,21). The highest BCUT2D eigenvalue weighted by Gasteiger charge is 2.15. The molecule has 1 N–H and O–H groups in total. The van der Waals surface area contributed by atoms with Gasteiger partial charge in [-0.05, 0) is 31.1 Å². The van der Waals surface area contributed by atoms with Crippen LogP contribution in [0.2, 0.25) is 0 Å². The van der Waals surface area contributed by atoms with E-state index >= 15 is 0 Å². The monoisotopic (exact) mass is 319 g/mol. The Kier molecular flexibility index (Phi) is 3.49. The van der Waals surface area contributed by atoms with Gasteiger partial charge in [-0.2, -0.15) is 0 Å². The van der Waals surface area contributed by atoms with E-state index in [0.717, 1.165) is 18.5 Å². The van der Waals surface area contributed by atoms with Crippen LogP contribution < -0.4 is 10.9 Å². The fraction of sp³-hybridized carbons (Fsp3) is 0.167. The number of imidazole rings is 1. The zero-order valence-corrected chi connectivity index (χ0v) is 13.3. The van der Waals surface area contributed by atoms with Crippen LogP contribution in [0.15, 0.2) is 59.8 Å². The summed E-state index contributed by atoms with van der Waals surface area (Å²) in [7, 11) is 1.90. The molecule has 24 heavy (non-hydrogen) atoms. The van der Waals surface area contributed by atoms with E-state index in [0.29, 0.717) is 22.7 Å². The van der Waals surface area contributed by atoms with Crippen LogP contribution in [0.3, 0.4) is 0 Å². The molecule has 3 aromatic rings. The maximum absolute atomic E-state index is 13.0. The van der Waals surface area contributed by atoms with E-state index < -0.39 is 0 Å². The van der Waals surface area contributed by atoms with Crippen molar-refractivity contribution in [3.63, 3.8) is 0 Å². The summed E-state index contributed by atoms with van der Waals surface area (Å²) in [4.78, 5) is 22.0. The third-order valence-corrected chi connectivity index (χ3v) is 4.00. The molecule has 0 fully saturated rings. The molecule has 1 aliphatic rings. The molecule has 0 atom stereocenters. The van der Waals surface area contributed by atoms with Gasteiger partial charge in [-0.1, -0.05) is 24.3 Å². The third kappa shape index (κ3) is 2.52. The number of hydrogen-bond donors (Lipinski definition) is 1. The average molecular weight is 319 g/mol. The Morgan fingerprint density at radius 3 is 2.88 bits per heavy atom. The lowest BCUT2D eigenvalue weighted by molar-refractivity contribution is 0.902. The highest BCUT2D eigenvalue weighted by molar-refractivity contribution is 5.80. The summed E-state index contributed by atoms with van der Waals surface area (Å²) in [5.74, 6) is 1.14. The Bertz CT molecular complexity index is 1030. The number of fused-ring (bicyclic) bond motifs is 1. The first-order valence-corrected chi connectivity index (χ1v) is 7.85. The second kappa shape index (κ2) is 5.81. The zero-order chi connectivity index (χ0) is 16.5. The Labute approximate surface area is 138 Å². The molecule has 0 spiro atoms. The molecule has 2 aromatic heterocycles. The number of nitrogens with zero attached hydrogens (tertiary/aromatic N) is 4. The molecular formula is C18H17N5O. The van der Waals surface area contributed by atoms with Crippen molar-refractivity contribution in [1.82, 2.24) is 19.1 Å². The smallest absolute Gasteiger partial charge is 0.267 e. The molecule has 0 saturated carbocycles. The van der Waals surface area contributed by atoms with E-state index in [2.05, 4.69) is 21.4 Å². The first-order valence-electron chi connectivity index (χ1n) is 7.85. The van der Waals surface area contributed by atoms with E-state index in [-0.39, 0.29) is 5.56 Å². The lowest BCUT2D eigenvalue weighted by atomic mass is 10.1. The van der Waals surface area contributed by atoms with Gasteiger partial charge in [0.1, 0.15) is 0 Å². The van der Waals surface area contributed by atoms with Crippen molar-refractivity contribution in [1.29, 1.82) is 0 Å². The predicted octanol–water partition coefficient (Wildman–Crippen LogP) is 3.06. The van der Waals surface area contributed by atoms with Crippen molar-refractivity contribution in [2.24, 2.45) is 7.05 Å². The predicted molar refractivity (Wildman–Crippen MR) is 95.1 cm³/mol. The highest BCUT2D eigenvalue weighted by Crippen LogP contribution is 2.23. The van der Waals surface area contributed by atoms with Crippen LogP contribution in [-0.4, -0.2) is 19.1 Å². The number of para-hydroxylation sites is 1. The van der Waals surface area contributed by atoms with Crippen molar-refractivity contribution < 1.29 is 0 Å². The number of nitrogens with one attached hydrogen (secondary N) is 1. The molecule has 2 heterocycles. The lowest BCUT2D eigenvalue weighted by Gasteiger charge is -2.17. The Hall–Kier alpha value is -3.15. The molecule has 0 saturated heterocycles. The van der Waals surface area contributed by atoms with Gasteiger partial charge in [-0.15, -0.1) is 0 Å². The van der Waals surface area contributed by atoms with Crippen LogP contribution >= 0.6 is 0 Å². The summed E-state index contributed by atoms with van der Waals surface area (Å²) < 4.78 is 3.49. The normalized spacial score (nSPS) is 14.0. The van der Waals surface area contributed by atoms with Crippen molar-refractivity contribution in [3.05, 3.63) is 65.4 Å². The Morgan fingerprint density at radius 1 is 1.25 bits per heavy atom. The highest BCUT2D eigenvalue weighted by atomic mass is 16.1. The zero-order valence-electron chi connectivity index (χ0n) is 13.3. The van der Waals surface area contributed by atoms with Gasteiger partial charge in [-0.3, -0.25) is 4.79 Å². The quantitative estimate of drug-likeness (QED) is 0.806. The van der Waals surface area contributed by atoms with Gasteiger partial charge in [0.2, 0.25) is 5.95 Å². The summed E-state index contributed by atoms with van der Waals surface area (Å²) in [5.41, 5.74) is 1.53. The van der Waals surface area contributed by atoms with Crippen molar-refractivity contribution in [2.75, 3.05) is 5.32 Å². The van der Waals surface area contributed by atoms with Crippen molar-refractivity contribution in [2.45, 2.75) is 12.8 Å². The fourth-order valence-electron chi connectivity index (χ4n) is 2.85. The fourth-order valence-corrected chi connectivity index (χ4v) is 2.85. The van der Waals surface area contributed by atoms with Gasteiger partial charge >= 0.3 is 0 Å². The average Bonchev–Trinajstić information content (AvgIpc) is 3.01. The second-order valence-electron chi connectivity index (χ2n) is 5.77. The summed E-state index contributed by atoms with van der Waals surface area (Å²) in [5, 5.41) is 3.79. The molecule has 0 unspecified atom stereocenters. The minimum atomic E-state index is -0.0689. The van der Waals surface area contributed by atoms with Crippen LogP contribution in [0.4, 0.5) is 11.8 Å². The number of aromatic nitrogens is 4. The Morgan fingerprint density at radius 2 is 2.12 bits per heavy atom. The summed E-state index contributed by atoms with van der Waals surface area (Å²) >= 11 is 0. The number of hydrogen-bond acceptors (Lipinski definition) is 4. The van der Waals surface area contributed by atoms with Crippen LogP contribution in [0.1, 0.15) is 12.8 Å². The van der Waals surface area contributed by atoms with Crippen LogP contribution in [0.25, 0.3) is 16.6 Å². The summed E-state index contributed by atoms with van der Waals surface area (Å²) in [6, 6.07) is 7.40. The van der Waals surface area contributed by atoms with Gasteiger partial charge in [0.25, 0.3) is 5.56 Å². The van der Waals surface area contributed by atoms with E-state index in [9.17, 15) is 4.79 Å². The number of aryl methyl sites for hydroxylation is 1. The summed E-state index contributed by atoms with van der Waals surface area (Å²) in [6.45, 7) is 0. The number of benzene rings is 1. The van der Waals surface area contributed by atoms with Crippen LogP contribution in [-0.2, 0) is 7.05 Å². The maximum atomic E-state index is 13.0. The van der Waals surface area contributed by atoms with E-state index in [1.54, 1.807) is 10.9 Å². The van der Waals surface area contributed by atoms with Crippen LogP contribution in [0.5, 0.6) is 0 Å². The first kappa shape index (κ1) is 14.4. The van der Waals surface area contributed by atoms with Gasteiger partial charge in [0, 0.05) is 18.9 Å². The molecule has 0 bridgehead atoms. The van der Waals surface area contributed by atoms with Gasteiger partial charge in [0.05, 0.1) is 17.2 Å². The van der Waals surface area contributed by atoms with Gasteiger partial charge < -0.3 is 9.88 Å². The van der Waals surface area contributed by atoms with E-state index in [1.165, 1.54) is 0 Å². The molecule has 1 aromatic carbocycles. The molecule has 6 nitrogen and oxygen atoms in total. The number of rotatable bonds is 3. The SMILES string of the molecule is Cn1cnc(Nc2nc3ccccc3c(=O)n2C2=CC=CCC2)c1. The lowest BCUT2D eigenvalue weighted by Crippen LogP contribution is -2.24. The first-order chi connectivity index (χ1) is 11.7. The molecule has 1 aliphatic carbocycles. The molecule has 0 aliphatic heterocycles. The third-order valence-electron chi connectivity index (χ3n) is 4.00. The molecule has 6 heteroatoms. The molecule has 0 amide bonds. The second-order valence-corrected chi connectivity index (χ2v) is 5.77. The topological polar surface area (TPSA) is 64.7 Å². The van der Waals surface area contributed by atoms with E-state index in [1.807, 2.05) is 54.2 Å². The minimum Gasteiger partial charge on any atom is -0.338 e. The Balaban J connectivity index is 1.94.